The minimum Gasteiger partial charge on any atom is -0.207 e. The van der Waals surface area contributed by atoms with Crippen molar-refractivity contribution in [2.24, 2.45) is 5.92 Å². The van der Waals surface area contributed by atoms with Crippen LogP contribution < -0.4 is 0 Å². The Hall–Kier alpha value is -0.100. The Morgan fingerprint density at radius 1 is 1.29 bits per heavy atom. The van der Waals surface area contributed by atoms with E-state index in [1.165, 1.54) is 10.7 Å². The molecule has 0 unspecified atom stereocenters. The van der Waals surface area contributed by atoms with E-state index in [1.807, 2.05) is 0 Å². The van der Waals surface area contributed by atoms with Crippen molar-refractivity contribution >= 4 is 37.6 Å². The van der Waals surface area contributed by atoms with Crippen molar-refractivity contribution < 1.29 is 8.42 Å². The minimum atomic E-state index is -3.53. The van der Waals surface area contributed by atoms with Crippen molar-refractivity contribution in [3.63, 3.8) is 0 Å². The molecule has 1 aromatic rings. The van der Waals surface area contributed by atoms with Crippen molar-refractivity contribution in [2.45, 2.75) is 50.0 Å². The van der Waals surface area contributed by atoms with Crippen molar-refractivity contribution in [3.05, 3.63) is 27.7 Å². The lowest BCUT2D eigenvalue weighted by atomic mass is 9.85. The van der Waals surface area contributed by atoms with Gasteiger partial charge in [0.1, 0.15) is 4.90 Å². The fraction of sp³-hybridized carbons (Fsp3) is 0.600. The first-order chi connectivity index (χ1) is 9.86. The number of hydrogen-bond donors (Lipinski definition) is 0. The quantitative estimate of drug-likeness (QED) is 0.743. The zero-order valence-electron chi connectivity index (χ0n) is 12.4. The summed E-state index contributed by atoms with van der Waals surface area (Å²) in [5.41, 5.74) is 0. The monoisotopic (exact) mass is 393 g/mol. The van der Waals surface area contributed by atoms with Gasteiger partial charge in [-0.3, -0.25) is 0 Å². The van der Waals surface area contributed by atoms with E-state index in [9.17, 15) is 8.42 Å². The summed E-state index contributed by atoms with van der Waals surface area (Å²) in [6.07, 6.45) is 5.26. The summed E-state index contributed by atoms with van der Waals surface area (Å²) in [5.74, 6) is 0.744. The molecule has 0 saturated heterocycles. The fourth-order valence-electron chi connectivity index (χ4n) is 2.95. The average molecular weight is 395 g/mol. The molecule has 1 saturated carbocycles. The van der Waals surface area contributed by atoms with Gasteiger partial charge in [0.2, 0.25) is 10.0 Å². The predicted octanol–water partition coefficient (Wildman–Crippen LogP) is 4.69. The average Bonchev–Trinajstić information content (AvgIpc) is 2.46. The van der Waals surface area contributed by atoms with E-state index in [0.717, 1.165) is 36.1 Å². The Balaban J connectivity index is 2.19. The van der Waals surface area contributed by atoms with E-state index in [0.29, 0.717) is 0 Å². The van der Waals surface area contributed by atoms with Crippen LogP contribution in [0.15, 0.2) is 27.6 Å². The second-order valence-electron chi connectivity index (χ2n) is 5.68. The summed E-state index contributed by atoms with van der Waals surface area (Å²) >= 11 is 9.41. The van der Waals surface area contributed by atoms with Gasteiger partial charge >= 0.3 is 0 Å². The second kappa shape index (κ2) is 6.99. The molecule has 0 bridgehead atoms. The van der Waals surface area contributed by atoms with Crippen LogP contribution in [-0.4, -0.2) is 25.8 Å². The third-order valence-corrected chi connectivity index (χ3v) is 7.35. The molecule has 118 valence electrons. The van der Waals surface area contributed by atoms with Gasteiger partial charge < -0.3 is 0 Å². The van der Waals surface area contributed by atoms with Crippen LogP contribution in [0.1, 0.15) is 39.0 Å². The lowest BCUT2D eigenvalue weighted by Gasteiger charge is -2.33. The molecule has 0 aromatic heterocycles. The highest BCUT2D eigenvalue weighted by molar-refractivity contribution is 9.10. The van der Waals surface area contributed by atoms with Crippen LogP contribution in [0.4, 0.5) is 0 Å². The first kappa shape index (κ1) is 17.3. The first-order valence-electron chi connectivity index (χ1n) is 7.29. The van der Waals surface area contributed by atoms with Gasteiger partial charge in [0.25, 0.3) is 0 Å². The maximum absolute atomic E-state index is 12.7. The lowest BCUT2D eigenvalue weighted by molar-refractivity contribution is 0.233. The molecule has 0 heterocycles. The maximum Gasteiger partial charge on any atom is 0.244 e. The molecular formula is C15H21BrClNO2S. The van der Waals surface area contributed by atoms with Crippen molar-refractivity contribution in [1.29, 1.82) is 0 Å². The van der Waals surface area contributed by atoms with E-state index in [4.69, 9.17) is 11.6 Å². The Morgan fingerprint density at radius 2 is 1.90 bits per heavy atom. The number of rotatable bonds is 4. The molecule has 21 heavy (non-hydrogen) atoms. The Bertz CT molecular complexity index is 598. The topological polar surface area (TPSA) is 37.4 Å². The highest BCUT2D eigenvalue weighted by Gasteiger charge is 2.32. The smallest absolute Gasteiger partial charge is 0.207 e. The fourth-order valence-corrected chi connectivity index (χ4v) is 5.38. The molecule has 0 N–H and O–H groups in total. The van der Waals surface area contributed by atoms with Gasteiger partial charge in [0.15, 0.2) is 0 Å². The second-order valence-corrected chi connectivity index (χ2v) is 8.97. The maximum atomic E-state index is 12.7. The van der Waals surface area contributed by atoms with E-state index in [-0.39, 0.29) is 16.0 Å². The van der Waals surface area contributed by atoms with Crippen LogP contribution in [0.2, 0.25) is 5.02 Å². The molecule has 2 rings (SSSR count). The van der Waals surface area contributed by atoms with E-state index in [2.05, 4.69) is 22.9 Å². The van der Waals surface area contributed by atoms with Crippen molar-refractivity contribution in [2.75, 3.05) is 7.05 Å². The molecule has 1 aromatic carbocycles. The van der Waals surface area contributed by atoms with E-state index >= 15 is 0 Å². The van der Waals surface area contributed by atoms with E-state index in [1.54, 1.807) is 25.2 Å². The van der Waals surface area contributed by atoms with Gasteiger partial charge in [-0.25, -0.2) is 8.42 Å². The van der Waals surface area contributed by atoms with Crippen LogP contribution in [0.25, 0.3) is 0 Å². The predicted molar refractivity (Wildman–Crippen MR) is 90.1 cm³/mol. The van der Waals surface area contributed by atoms with Gasteiger partial charge in [0, 0.05) is 17.6 Å². The molecule has 1 aliphatic carbocycles. The number of halogens is 2. The summed E-state index contributed by atoms with van der Waals surface area (Å²) in [6, 6.07) is 4.98. The lowest BCUT2D eigenvalue weighted by Crippen LogP contribution is -2.39. The summed E-state index contributed by atoms with van der Waals surface area (Å²) in [7, 11) is -1.86. The number of nitrogens with zero attached hydrogens (tertiary/aromatic N) is 1. The van der Waals surface area contributed by atoms with Gasteiger partial charge in [-0.2, -0.15) is 4.31 Å². The van der Waals surface area contributed by atoms with Gasteiger partial charge in [0.05, 0.1) is 5.02 Å². The summed E-state index contributed by atoms with van der Waals surface area (Å²) in [4.78, 5) is 0.187. The van der Waals surface area contributed by atoms with Gasteiger partial charge in [-0.05, 0) is 49.8 Å². The zero-order chi connectivity index (χ0) is 15.6. The highest BCUT2D eigenvalue weighted by Crippen LogP contribution is 2.33. The number of hydrogen-bond acceptors (Lipinski definition) is 2. The Kier molecular flexibility index (Phi) is 5.74. The van der Waals surface area contributed by atoms with Gasteiger partial charge in [-0.15, -0.1) is 0 Å². The van der Waals surface area contributed by atoms with Gasteiger partial charge in [-0.1, -0.05) is 40.9 Å². The Labute approximate surface area is 140 Å². The SMILES string of the molecule is CCC1CCC(N(C)S(=O)(=O)c2ccc(Br)cc2Cl)CC1. The molecule has 3 nitrogen and oxygen atoms in total. The largest absolute Gasteiger partial charge is 0.244 e. The zero-order valence-corrected chi connectivity index (χ0v) is 15.5. The molecule has 0 atom stereocenters. The summed E-state index contributed by atoms with van der Waals surface area (Å²) in [5, 5.41) is 0.262. The summed E-state index contributed by atoms with van der Waals surface area (Å²) < 4.78 is 27.8. The van der Waals surface area contributed by atoms with Crippen LogP contribution in [0, 0.1) is 5.92 Å². The van der Waals surface area contributed by atoms with Crippen molar-refractivity contribution in [3.8, 4) is 0 Å². The third-order valence-electron chi connectivity index (χ3n) is 4.46. The van der Waals surface area contributed by atoms with Crippen LogP contribution in [0.5, 0.6) is 0 Å². The standard InChI is InChI=1S/C15H21BrClNO2S/c1-3-11-4-7-13(8-5-11)18(2)21(19,20)15-9-6-12(16)10-14(15)17/h6,9-11,13H,3-5,7-8H2,1-2H3. The molecule has 0 aliphatic heterocycles. The molecule has 0 amide bonds. The Morgan fingerprint density at radius 3 is 2.43 bits per heavy atom. The number of benzene rings is 1. The van der Waals surface area contributed by atoms with Crippen LogP contribution >= 0.6 is 27.5 Å². The molecular weight excluding hydrogens is 374 g/mol. The third kappa shape index (κ3) is 3.81. The van der Waals surface area contributed by atoms with Crippen LogP contribution in [-0.2, 0) is 10.0 Å². The molecule has 0 radical (unpaired) electrons. The molecule has 0 spiro atoms. The summed E-state index contributed by atoms with van der Waals surface area (Å²) in [6.45, 7) is 2.20. The van der Waals surface area contributed by atoms with Crippen molar-refractivity contribution in [1.82, 2.24) is 4.31 Å². The van der Waals surface area contributed by atoms with E-state index < -0.39 is 10.0 Å². The highest BCUT2D eigenvalue weighted by atomic mass is 79.9. The molecule has 1 fully saturated rings. The minimum absolute atomic E-state index is 0.0810. The molecule has 6 heteroatoms. The van der Waals surface area contributed by atoms with Crippen LogP contribution in [0.3, 0.4) is 0 Å². The normalized spacial score (nSPS) is 23.5. The molecule has 1 aliphatic rings. The first-order valence-corrected chi connectivity index (χ1v) is 9.90. The number of sulfonamides is 1.